The first-order chi connectivity index (χ1) is 13.5. The molecule has 0 aliphatic carbocycles. The van der Waals surface area contributed by atoms with Crippen LogP contribution in [0.15, 0.2) is 51.8 Å². The Morgan fingerprint density at radius 1 is 1.07 bits per heavy atom. The van der Waals surface area contributed by atoms with Crippen LogP contribution in [0.25, 0.3) is 0 Å². The van der Waals surface area contributed by atoms with Crippen molar-refractivity contribution in [1.82, 2.24) is 4.72 Å². The molecule has 29 heavy (non-hydrogen) atoms. The molecule has 156 valence electrons. The van der Waals surface area contributed by atoms with E-state index in [0.29, 0.717) is 5.69 Å². The number of benzene rings is 2. The van der Waals surface area contributed by atoms with Gasteiger partial charge in [-0.25, -0.2) is 22.3 Å². The van der Waals surface area contributed by atoms with Crippen LogP contribution in [0.4, 0.5) is 10.1 Å². The highest BCUT2D eigenvalue weighted by Crippen LogP contribution is 2.20. The van der Waals surface area contributed by atoms with Gasteiger partial charge in [0.1, 0.15) is 5.82 Å². The van der Waals surface area contributed by atoms with Crippen molar-refractivity contribution in [3.8, 4) is 0 Å². The van der Waals surface area contributed by atoms with Gasteiger partial charge in [-0.05, 0) is 79.2 Å². The molecule has 0 heterocycles. The first kappa shape index (κ1) is 23.0. The van der Waals surface area contributed by atoms with E-state index < -0.39 is 33.8 Å². The Balaban J connectivity index is 2.01. The molecule has 0 spiro atoms. The largest absolute Gasteiger partial charge is 0.449 e. The summed E-state index contributed by atoms with van der Waals surface area (Å²) in [5.41, 5.74) is 0.419. The van der Waals surface area contributed by atoms with E-state index in [2.05, 4.69) is 26.0 Å². The Hall–Kier alpha value is -2.30. The summed E-state index contributed by atoms with van der Waals surface area (Å²) in [6.07, 6.45) is -1.13. The highest BCUT2D eigenvalue weighted by molar-refractivity contribution is 9.10. The van der Waals surface area contributed by atoms with E-state index in [9.17, 15) is 22.4 Å². The zero-order valence-corrected chi connectivity index (χ0v) is 18.3. The van der Waals surface area contributed by atoms with Crippen molar-refractivity contribution in [1.29, 1.82) is 0 Å². The van der Waals surface area contributed by atoms with E-state index in [4.69, 9.17) is 4.74 Å². The highest BCUT2D eigenvalue weighted by Gasteiger charge is 2.21. The molecule has 0 bridgehead atoms. The molecule has 7 nitrogen and oxygen atoms in total. The van der Waals surface area contributed by atoms with Crippen LogP contribution in [0.1, 0.15) is 31.1 Å². The van der Waals surface area contributed by atoms with E-state index in [1.54, 1.807) is 13.8 Å². The molecule has 0 aliphatic heterocycles. The van der Waals surface area contributed by atoms with Crippen LogP contribution >= 0.6 is 15.9 Å². The maximum Gasteiger partial charge on any atom is 0.340 e. The molecule has 2 aromatic carbocycles. The Bertz CT molecular complexity index is 1010. The fourth-order valence-corrected chi connectivity index (χ4v) is 4.04. The first-order valence-electron chi connectivity index (χ1n) is 8.59. The van der Waals surface area contributed by atoms with Crippen LogP contribution in [0.2, 0.25) is 0 Å². The molecule has 1 amide bonds. The number of hydrogen-bond donors (Lipinski definition) is 2. The lowest BCUT2D eigenvalue weighted by molar-refractivity contribution is -0.123. The van der Waals surface area contributed by atoms with Crippen LogP contribution in [-0.4, -0.2) is 32.4 Å². The van der Waals surface area contributed by atoms with Gasteiger partial charge in [-0.3, -0.25) is 4.79 Å². The van der Waals surface area contributed by atoms with Gasteiger partial charge in [0.05, 0.1) is 10.5 Å². The van der Waals surface area contributed by atoms with Gasteiger partial charge in [0.15, 0.2) is 6.10 Å². The van der Waals surface area contributed by atoms with Gasteiger partial charge in [-0.2, -0.15) is 0 Å². The number of ether oxygens (including phenoxy) is 1. The summed E-state index contributed by atoms with van der Waals surface area (Å²) in [7, 11) is -3.64. The van der Waals surface area contributed by atoms with Gasteiger partial charge in [0, 0.05) is 16.2 Å². The molecule has 0 saturated heterocycles. The van der Waals surface area contributed by atoms with Crippen molar-refractivity contribution in [2.24, 2.45) is 0 Å². The summed E-state index contributed by atoms with van der Waals surface area (Å²) in [6, 6.07) is 8.78. The minimum atomic E-state index is -3.64. The fraction of sp³-hybridized carbons (Fsp3) is 0.263. The Labute approximate surface area is 176 Å². The average Bonchev–Trinajstić information content (AvgIpc) is 2.60. The SMILES string of the molecule is CC(C)NS(=O)(=O)c1ccc(NC(=O)C(C)OC(=O)c2ccc(F)cc2Br)cc1. The third-order valence-corrected chi connectivity index (χ3v) is 5.96. The second-order valence-corrected chi connectivity index (χ2v) is 9.03. The van der Waals surface area contributed by atoms with Crippen molar-refractivity contribution < 1.29 is 27.1 Å². The van der Waals surface area contributed by atoms with Gasteiger partial charge in [-0.15, -0.1) is 0 Å². The van der Waals surface area contributed by atoms with Crippen LogP contribution in [0, 0.1) is 5.82 Å². The monoisotopic (exact) mass is 486 g/mol. The van der Waals surface area contributed by atoms with E-state index >= 15 is 0 Å². The van der Waals surface area contributed by atoms with Crippen LogP contribution in [0.5, 0.6) is 0 Å². The fourth-order valence-electron chi connectivity index (χ4n) is 2.27. The molecule has 0 radical (unpaired) electrons. The van der Waals surface area contributed by atoms with Crippen LogP contribution < -0.4 is 10.0 Å². The molecule has 0 fully saturated rings. The number of anilines is 1. The third kappa shape index (κ3) is 6.34. The van der Waals surface area contributed by atoms with Crippen molar-refractivity contribution >= 4 is 43.5 Å². The van der Waals surface area contributed by atoms with Gasteiger partial charge in [-0.1, -0.05) is 0 Å². The minimum absolute atomic E-state index is 0.0600. The number of sulfonamides is 1. The molecule has 0 saturated carbocycles. The molecule has 1 atom stereocenters. The van der Waals surface area contributed by atoms with Gasteiger partial charge in [0.2, 0.25) is 10.0 Å². The number of amides is 1. The Morgan fingerprint density at radius 3 is 2.24 bits per heavy atom. The smallest absolute Gasteiger partial charge is 0.340 e. The summed E-state index contributed by atoms with van der Waals surface area (Å²) in [6.45, 7) is 4.80. The maximum absolute atomic E-state index is 13.1. The molecule has 0 aliphatic rings. The van der Waals surface area contributed by atoms with Crippen LogP contribution in [-0.2, 0) is 19.6 Å². The number of carbonyl (C=O) groups excluding carboxylic acids is 2. The molecule has 1 unspecified atom stereocenters. The molecule has 2 rings (SSSR count). The number of rotatable bonds is 7. The lowest BCUT2D eigenvalue weighted by Crippen LogP contribution is -2.31. The van der Waals surface area contributed by atoms with Gasteiger partial charge < -0.3 is 10.1 Å². The summed E-state index contributed by atoms with van der Waals surface area (Å²) in [5, 5.41) is 2.54. The normalized spacial score (nSPS) is 12.5. The number of halogens is 2. The third-order valence-electron chi connectivity index (χ3n) is 3.63. The predicted molar refractivity (Wildman–Crippen MR) is 110 cm³/mol. The molecular formula is C19H20BrFN2O5S. The lowest BCUT2D eigenvalue weighted by atomic mass is 10.2. The number of esters is 1. The number of nitrogens with one attached hydrogen (secondary N) is 2. The standard InChI is InChI=1S/C19H20BrFN2O5S/c1-11(2)23-29(26,27)15-7-5-14(6-8-15)22-18(24)12(3)28-19(25)16-9-4-13(21)10-17(16)20/h4-12,23H,1-3H3,(H,22,24). The van der Waals surface area contributed by atoms with Gasteiger partial charge in [0.25, 0.3) is 5.91 Å². The van der Waals surface area contributed by atoms with E-state index in [1.165, 1.54) is 37.3 Å². The zero-order valence-electron chi connectivity index (χ0n) is 15.9. The summed E-state index contributed by atoms with van der Waals surface area (Å²) in [5.74, 6) is -1.92. The summed E-state index contributed by atoms with van der Waals surface area (Å²) in [4.78, 5) is 24.5. The highest BCUT2D eigenvalue weighted by atomic mass is 79.9. The van der Waals surface area contributed by atoms with E-state index in [-0.39, 0.29) is 21.0 Å². The molecule has 10 heteroatoms. The van der Waals surface area contributed by atoms with Gasteiger partial charge >= 0.3 is 5.97 Å². The molecule has 2 aromatic rings. The Kier molecular flexibility index (Phi) is 7.50. The van der Waals surface area contributed by atoms with Crippen LogP contribution in [0.3, 0.4) is 0 Å². The molecular weight excluding hydrogens is 467 g/mol. The average molecular weight is 487 g/mol. The van der Waals surface area contributed by atoms with Crippen molar-refractivity contribution in [3.05, 3.63) is 58.3 Å². The molecule has 0 aromatic heterocycles. The first-order valence-corrected chi connectivity index (χ1v) is 10.9. The maximum atomic E-state index is 13.1. The predicted octanol–water partition coefficient (Wildman–Crippen LogP) is 3.46. The van der Waals surface area contributed by atoms with Crippen molar-refractivity contribution in [2.45, 2.75) is 37.8 Å². The van der Waals surface area contributed by atoms with Crippen molar-refractivity contribution in [2.75, 3.05) is 5.32 Å². The quantitative estimate of drug-likeness (QED) is 0.583. The minimum Gasteiger partial charge on any atom is -0.449 e. The zero-order chi connectivity index (χ0) is 21.8. The van der Waals surface area contributed by atoms with Crippen molar-refractivity contribution in [3.63, 3.8) is 0 Å². The van der Waals surface area contributed by atoms with E-state index in [1.807, 2.05) is 0 Å². The summed E-state index contributed by atoms with van der Waals surface area (Å²) < 4.78 is 45.1. The number of carbonyl (C=O) groups is 2. The number of hydrogen-bond acceptors (Lipinski definition) is 5. The second-order valence-electron chi connectivity index (χ2n) is 6.46. The topological polar surface area (TPSA) is 102 Å². The second kappa shape index (κ2) is 9.47. The van der Waals surface area contributed by atoms with E-state index in [0.717, 1.165) is 12.1 Å². The lowest BCUT2D eigenvalue weighted by Gasteiger charge is -2.15. The Morgan fingerprint density at radius 2 is 1.69 bits per heavy atom. The summed E-state index contributed by atoms with van der Waals surface area (Å²) >= 11 is 3.07. The molecule has 2 N–H and O–H groups in total.